The summed E-state index contributed by atoms with van der Waals surface area (Å²) in [5, 5.41) is 0.416. The number of carbonyl (C=O) groups is 2. The molecule has 3 amide bonds. The van der Waals surface area contributed by atoms with E-state index in [-0.39, 0.29) is 11.9 Å². The van der Waals surface area contributed by atoms with Crippen molar-refractivity contribution in [2.45, 2.75) is 6.92 Å². The van der Waals surface area contributed by atoms with Gasteiger partial charge in [0.15, 0.2) is 0 Å². The molecule has 21 heavy (non-hydrogen) atoms. The van der Waals surface area contributed by atoms with Crippen molar-refractivity contribution >= 4 is 23.5 Å². The molecule has 1 aliphatic heterocycles. The number of hydrogen-bond donors (Lipinski definition) is 0. The summed E-state index contributed by atoms with van der Waals surface area (Å²) in [6.45, 7) is 3.89. The maximum absolute atomic E-state index is 12.4. The second-order valence-electron chi connectivity index (χ2n) is 5.26. The van der Waals surface area contributed by atoms with Crippen molar-refractivity contribution in [1.29, 1.82) is 0 Å². The van der Waals surface area contributed by atoms with E-state index in [4.69, 9.17) is 11.6 Å². The molecule has 1 aromatic heterocycles. The number of pyridine rings is 1. The smallest absolute Gasteiger partial charge is 0.319 e. The van der Waals surface area contributed by atoms with Crippen LogP contribution in [0, 0.1) is 6.92 Å². The van der Waals surface area contributed by atoms with Crippen LogP contribution in [0.3, 0.4) is 0 Å². The summed E-state index contributed by atoms with van der Waals surface area (Å²) >= 11 is 6.11. The van der Waals surface area contributed by atoms with E-state index in [0.29, 0.717) is 36.8 Å². The topological polar surface area (TPSA) is 56.8 Å². The van der Waals surface area contributed by atoms with Crippen molar-refractivity contribution in [3.8, 4) is 0 Å². The zero-order valence-corrected chi connectivity index (χ0v) is 13.2. The fourth-order valence-corrected chi connectivity index (χ4v) is 2.53. The van der Waals surface area contributed by atoms with Gasteiger partial charge in [-0.1, -0.05) is 11.6 Å². The third-order valence-electron chi connectivity index (χ3n) is 3.44. The lowest BCUT2D eigenvalue weighted by atomic mass is 10.2. The zero-order valence-electron chi connectivity index (χ0n) is 12.5. The Kier molecular flexibility index (Phi) is 4.67. The van der Waals surface area contributed by atoms with Crippen molar-refractivity contribution in [2.24, 2.45) is 0 Å². The van der Waals surface area contributed by atoms with Gasteiger partial charge < -0.3 is 14.7 Å². The number of aromatic nitrogens is 1. The zero-order chi connectivity index (χ0) is 15.6. The summed E-state index contributed by atoms with van der Waals surface area (Å²) in [5.41, 5.74) is 1.19. The summed E-state index contributed by atoms with van der Waals surface area (Å²) in [6.07, 6.45) is 1.51. The van der Waals surface area contributed by atoms with Crippen molar-refractivity contribution < 1.29 is 9.59 Å². The Bertz CT molecular complexity index is 554. The van der Waals surface area contributed by atoms with E-state index in [1.165, 1.54) is 11.1 Å². The average molecular weight is 311 g/mol. The first-order valence-corrected chi connectivity index (χ1v) is 7.15. The molecule has 0 aromatic carbocycles. The van der Waals surface area contributed by atoms with Crippen molar-refractivity contribution in [3.05, 3.63) is 28.5 Å². The van der Waals surface area contributed by atoms with Crippen LogP contribution in [0.15, 0.2) is 12.3 Å². The SMILES string of the molecule is Cc1cc(Cl)c(C(=O)N2CCN(C(=O)N(C)C)CC2)cn1. The van der Waals surface area contributed by atoms with Gasteiger partial charge in [0.2, 0.25) is 0 Å². The average Bonchev–Trinajstić information content (AvgIpc) is 2.46. The molecule has 1 fully saturated rings. The molecule has 0 atom stereocenters. The van der Waals surface area contributed by atoms with E-state index < -0.39 is 0 Å². The molecule has 0 radical (unpaired) electrons. The van der Waals surface area contributed by atoms with Crippen LogP contribution in [0.2, 0.25) is 5.02 Å². The van der Waals surface area contributed by atoms with Crippen LogP contribution in [0.25, 0.3) is 0 Å². The van der Waals surface area contributed by atoms with Crippen molar-refractivity contribution in [1.82, 2.24) is 19.7 Å². The number of urea groups is 1. The predicted molar refractivity (Wildman–Crippen MR) is 80.5 cm³/mol. The number of rotatable bonds is 1. The predicted octanol–water partition coefficient (Wildman–Crippen LogP) is 1.48. The van der Waals surface area contributed by atoms with Crippen LogP contribution in [0.5, 0.6) is 0 Å². The van der Waals surface area contributed by atoms with Crippen LogP contribution >= 0.6 is 11.6 Å². The van der Waals surface area contributed by atoms with Gasteiger partial charge in [0.25, 0.3) is 5.91 Å². The first-order valence-electron chi connectivity index (χ1n) is 6.78. The monoisotopic (exact) mass is 310 g/mol. The minimum absolute atomic E-state index is 0.0304. The Labute approximate surface area is 129 Å². The second-order valence-corrected chi connectivity index (χ2v) is 5.67. The van der Waals surface area contributed by atoms with Crippen LogP contribution in [0.1, 0.15) is 16.1 Å². The highest BCUT2D eigenvalue weighted by Crippen LogP contribution is 2.18. The number of aryl methyl sites for hydroxylation is 1. The summed E-state index contributed by atoms with van der Waals surface area (Å²) in [4.78, 5) is 33.4. The molecular weight excluding hydrogens is 292 g/mol. The molecule has 0 N–H and O–H groups in total. The number of piperazine rings is 1. The largest absolute Gasteiger partial charge is 0.335 e. The molecule has 114 valence electrons. The molecule has 0 aliphatic carbocycles. The van der Waals surface area contributed by atoms with Gasteiger partial charge in [-0.15, -0.1) is 0 Å². The van der Waals surface area contributed by atoms with Crippen LogP contribution in [0.4, 0.5) is 4.79 Å². The minimum atomic E-state index is -0.135. The van der Waals surface area contributed by atoms with Gasteiger partial charge in [-0.25, -0.2) is 4.79 Å². The molecule has 7 heteroatoms. The van der Waals surface area contributed by atoms with Gasteiger partial charge in [0, 0.05) is 52.2 Å². The summed E-state index contributed by atoms with van der Waals surface area (Å²) in [5.74, 6) is -0.135. The van der Waals surface area contributed by atoms with Gasteiger partial charge in [0.1, 0.15) is 0 Å². The highest BCUT2D eigenvalue weighted by Gasteiger charge is 2.26. The number of amides is 3. The van der Waals surface area contributed by atoms with Crippen molar-refractivity contribution in [2.75, 3.05) is 40.3 Å². The van der Waals surface area contributed by atoms with E-state index in [2.05, 4.69) is 4.98 Å². The molecule has 2 heterocycles. The number of carbonyl (C=O) groups excluding carboxylic acids is 2. The summed E-state index contributed by atoms with van der Waals surface area (Å²) in [6, 6.07) is 1.65. The van der Waals surface area contributed by atoms with Crippen LogP contribution < -0.4 is 0 Å². The first kappa shape index (κ1) is 15.6. The molecule has 0 spiro atoms. The second kappa shape index (κ2) is 6.30. The molecule has 1 saturated heterocycles. The number of nitrogens with zero attached hydrogens (tertiary/aromatic N) is 4. The van der Waals surface area contributed by atoms with Crippen LogP contribution in [-0.2, 0) is 0 Å². The summed E-state index contributed by atoms with van der Waals surface area (Å²) < 4.78 is 0. The van der Waals surface area contributed by atoms with E-state index in [0.717, 1.165) is 5.69 Å². The lowest BCUT2D eigenvalue weighted by molar-refractivity contribution is 0.0650. The first-order chi connectivity index (χ1) is 9.90. The molecule has 0 unspecified atom stereocenters. The Morgan fingerprint density at radius 3 is 2.29 bits per heavy atom. The Morgan fingerprint density at radius 1 is 1.19 bits per heavy atom. The molecule has 0 bridgehead atoms. The maximum atomic E-state index is 12.4. The quantitative estimate of drug-likeness (QED) is 0.789. The highest BCUT2D eigenvalue weighted by molar-refractivity contribution is 6.33. The molecule has 2 rings (SSSR count). The highest BCUT2D eigenvalue weighted by atomic mass is 35.5. The Balaban J connectivity index is 2.02. The van der Waals surface area contributed by atoms with E-state index in [1.54, 1.807) is 30.0 Å². The van der Waals surface area contributed by atoms with E-state index in [9.17, 15) is 9.59 Å². The van der Waals surface area contributed by atoms with Gasteiger partial charge in [-0.05, 0) is 13.0 Å². The van der Waals surface area contributed by atoms with Crippen LogP contribution in [-0.4, -0.2) is 71.9 Å². The fourth-order valence-electron chi connectivity index (χ4n) is 2.24. The maximum Gasteiger partial charge on any atom is 0.319 e. The lowest BCUT2D eigenvalue weighted by Gasteiger charge is -2.36. The molecular formula is C14H19ClN4O2. The van der Waals surface area contributed by atoms with E-state index >= 15 is 0 Å². The van der Waals surface area contributed by atoms with Gasteiger partial charge in [-0.2, -0.15) is 0 Å². The Morgan fingerprint density at radius 2 is 1.76 bits per heavy atom. The summed E-state index contributed by atoms with van der Waals surface area (Å²) in [7, 11) is 3.44. The number of hydrogen-bond acceptors (Lipinski definition) is 3. The normalized spacial score (nSPS) is 15.0. The Hall–Kier alpha value is -1.82. The molecule has 1 aliphatic rings. The molecule has 6 nitrogen and oxygen atoms in total. The third-order valence-corrected chi connectivity index (χ3v) is 3.75. The standard InChI is InChI=1S/C14H19ClN4O2/c1-10-8-12(15)11(9-16-10)13(20)18-4-6-19(7-5-18)14(21)17(2)3/h8-9H,4-7H2,1-3H3. The van der Waals surface area contributed by atoms with Gasteiger partial charge in [0.05, 0.1) is 10.6 Å². The van der Waals surface area contributed by atoms with Crippen molar-refractivity contribution in [3.63, 3.8) is 0 Å². The minimum Gasteiger partial charge on any atom is -0.335 e. The lowest BCUT2D eigenvalue weighted by Crippen LogP contribution is -2.52. The fraction of sp³-hybridized carbons (Fsp3) is 0.500. The number of halogens is 1. The molecule has 0 saturated carbocycles. The van der Waals surface area contributed by atoms with Gasteiger partial charge >= 0.3 is 6.03 Å². The van der Waals surface area contributed by atoms with Gasteiger partial charge in [-0.3, -0.25) is 9.78 Å². The third kappa shape index (κ3) is 3.44. The molecule has 1 aromatic rings. The van der Waals surface area contributed by atoms with E-state index in [1.807, 2.05) is 6.92 Å².